The highest BCUT2D eigenvalue weighted by molar-refractivity contribution is 5.66. The van der Waals surface area contributed by atoms with Gasteiger partial charge in [0, 0.05) is 0 Å². The van der Waals surface area contributed by atoms with Crippen LogP contribution >= 0.6 is 0 Å². The van der Waals surface area contributed by atoms with Gasteiger partial charge in [0.2, 0.25) is 0 Å². The molecule has 0 bridgehead atoms. The first-order valence-corrected chi connectivity index (χ1v) is 14.3. The summed E-state index contributed by atoms with van der Waals surface area (Å²) in [6.45, 7) is 4.80. The fourth-order valence-electron chi connectivity index (χ4n) is 7.08. The number of rotatable bonds is 6. The normalized spacial score (nSPS) is 29.5. The van der Waals surface area contributed by atoms with Gasteiger partial charge in [-0.1, -0.05) is 56.2 Å². The Balaban J connectivity index is 1.13. The largest absolute Gasteiger partial charge is 0.491 e. The monoisotopic (exact) mass is 474 g/mol. The molecule has 0 spiro atoms. The molecule has 1 unspecified atom stereocenters. The van der Waals surface area contributed by atoms with E-state index in [0.717, 1.165) is 29.2 Å². The van der Waals surface area contributed by atoms with Gasteiger partial charge in [0.05, 0.1) is 6.61 Å². The van der Waals surface area contributed by atoms with E-state index in [1.807, 2.05) is 13.0 Å². The zero-order valence-corrected chi connectivity index (χ0v) is 21.8. The van der Waals surface area contributed by atoms with Gasteiger partial charge < -0.3 is 4.74 Å². The van der Waals surface area contributed by atoms with Crippen molar-refractivity contribution in [3.05, 3.63) is 71.0 Å². The molecule has 0 radical (unpaired) electrons. The molecule has 5 rings (SSSR count). The van der Waals surface area contributed by atoms with Crippen LogP contribution in [0.2, 0.25) is 0 Å². The lowest BCUT2D eigenvalue weighted by molar-refractivity contribution is 0.220. The lowest BCUT2D eigenvalue weighted by Crippen LogP contribution is -2.22. The summed E-state index contributed by atoms with van der Waals surface area (Å²) in [4.78, 5) is 0. The second kappa shape index (κ2) is 11.3. The predicted molar refractivity (Wildman–Crippen MR) is 144 cm³/mol. The second-order valence-electron chi connectivity index (χ2n) is 11.6. The molecular formula is C33H43FO. The molecule has 0 aromatic heterocycles. The summed E-state index contributed by atoms with van der Waals surface area (Å²) in [5.74, 6) is 4.01. The van der Waals surface area contributed by atoms with Gasteiger partial charge in [0.1, 0.15) is 0 Å². The van der Waals surface area contributed by atoms with Crippen molar-refractivity contribution in [3.8, 4) is 5.75 Å². The Kier molecular flexibility index (Phi) is 7.95. The average Bonchev–Trinajstić information content (AvgIpc) is 2.91. The minimum atomic E-state index is -0.210. The molecule has 2 heteroatoms. The van der Waals surface area contributed by atoms with Crippen molar-refractivity contribution in [1.29, 1.82) is 0 Å². The molecule has 35 heavy (non-hydrogen) atoms. The number of halogens is 1. The summed E-state index contributed by atoms with van der Waals surface area (Å²) in [5.41, 5.74) is 5.71. The van der Waals surface area contributed by atoms with Crippen molar-refractivity contribution in [2.45, 2.75) is 96.3 Å². The fraction of sp³-hybridized carbons (Fsp3) is 0.576. The van der Waals surface area contributed by atoms with E-state index in [0.29, 0.717) is 18.3 Å². The van der Waals surface area contributed by atoms with E-state index in [1.165, 1.54) is 76.2 Å². The van der Waals surface area contributed by atoms with Gasteiger partial charge in [-0.3, -0.25) is 0 Å². The van der Waals surface area contributed by atoms with E-state index in [4.69, 9.17) is 4.74 Å². The topological polar surface area (TPSA) is 9.23 Å². The average molecular weight is 475 g/mol. The lowest BCUT2D eigenvalue weighted by Gasteiger charge is -2.36. The zero-order chi connectivity index (χ0) is 24.2. The maximum atomic E-state index is 14.3. The highest BCUT2D eigenvalue weighted by atomic mass is 19.1. The smallest absolute Gasteiger partial charge is 0.165 e. The second-order valence-corrected chi connectivity index (χ2v) is 11.6. The first-order valence-electron chi connectivity index (χ1n) is 14.3. The molecule has 188 valence electrons. The van der Waals surface area contributed by atoms with Gasteiger partial charge >= 0.3 is 0 Å². The van der Waals surface area contributed by atoms with Crippen LogP contribution in [0.1, 0.15) is 113 Å². The van der Waals surface area contributed by atoms with Gasteiger partial charge in [0.15, 0.2) is 11.6 Å². The Hall–Kier alpha value is -2.09. The van der Waals surface area contributed by atoms with E-state index in [9.17, 15) is 4.39 Å². The minimum Gasteiger partial charge on any atom is -0.491 e. The summed E-state index contributed by atoms with van der Waals surface area (Å²) >= 11 is 0. The van der Waals surface area contributed by atoms with E-state index < -0.39 is 0 Å². The Morgan fingerprint density at radius 1 is 0.771 bits per heavy atom. The molecule has 2 aromatic carbocycles. The standard InChI is InChI=1S/C33H43FO/c1-3-35-33-21-20-31(22-32(33)34)30-18-16-29(17-19-30)28-14-12-27(13-15-28)26-10-8-25(9-11-26)24-6-4-23(2)5-7-24/h8-12,20-24,28-30H,3-7,13-19H2,1-2H3. The van der Waals surface area contributed by atoms with Crippen LogP contribution in [0.3, 0.4) is 0 Å². The summed E-state index contributed by atoms with van der Waals surface area (Å²) < 4.78 is 19.7. The number of allylic oxidation sites excluding steroid dienone is 2. The zero-order valence-electron chi connectivity index (χ0n) is 21.8. The quantitative estimate of drug-likeness (QED) is 0.405. The highest BCUT2D eigenvalue weighted by Gasteiger charge is 2.30. The maximum Gasteiger partial charge on any atom is 0.165 e. The lowest BCUT2D eigenvalue weighted by atomic mass is 9.70. The molecule has 0 amide bonds. The summed E-state index contributed by atoms with van der Waals surface area (Å²) in [6.07, 6.45) is 16.7. The number of benzene rings is 2. The third-order valence-electron chi connectivity index (χ3n) is 9.39. The van der Waals surface area contributed by atoms with Gasteiger partial charge in [-0.2, -0.15) is 0 Å². The first kappa shape index (κ1) is 24.6. The summed E-state index contributed by atoms with van der Waals surface area (Å²) in [5, 5.41) is 0. The van der Waals surface area contributed by atoms with E-state index in [2.05, 4.69) is 43.3 Å². The third-order valence-corrected chi connectivity index (χ3v) is 9.39. The Labute approximate surface area is 212 Å². The van der Waals surface area contributed by atoms with Crippen LogP contribution in [0, 0.1) is 23.6 Å². The molecule has 0 saturated heterocycles. The van der Waals surface area contributed by atoms with Crippen molar-refractivity contribution in [3.63, 3.8) is 0 Å². The van der Waals surface area contributed by atoms with E-state index in [1.54, 1.807) is 17.2 Å². The van der Waals surface area contributed by atoms with Crippen LogP contribution in [-0.2, 0) is 0 Å². The van der Waals surface area contributed by atoms with E-state index >= 15 is 0 Å². The Bertz CT molecular complexity index is 990. The van der Waals surface area contributed by atoms with Crippen molar-refractivity contribution < 1.29 is 9.13 Å². The van der Waals surface area contributed by atoms with Crippen LogP contribution in [0.15, 0.2) is 48.5 Å². The molecule has 1 nitrogen and oxygen atoms in total. The van der Waals surface area contributed by atoms with E-state index in [-0.39, 0.29) is 5.82 Å². The van der Waals surface area contributed by atoms with Crippen molar-refractivity contribution in [2.75, 3.05) is 6.61 Å². The summed E-state index contributed by atoms with van der Waals surface area (Å²) in [6, 6.07) is 15.2. The highest BCUT2D eigenvalue weighted by Crippen LogP contribution is 2.44. The van der Waals surface area contributed by atoms with Crippen molar-refractivity contribution >= 4 is 5.57 Å². The maximum absolute atomic E-state index is 14.3. The van der Waals surface area contributed by atoms with Crippen LogP contribution < -0.4 is 4.74 Å². The molecule has 3 aliphatic rings. The van der Waals surface area contributed by atoms with Crippen LogP contribution in [-0.4, -0.2) is 6.61 Å². The van der Waals surface area contributed by atoms with Crippen LogP contribution in [0.25, 0.3) is 5.57 Å². The Morgan fingerprint density at radius 2 is 1.43 bits per heavy atom. The molecule has 3 aliphatic carbocycles. The van der Waals surface area contributed by atoms with Gasteiger partial charge in [-0.05, 0) is 129 Å². The molecule has 0 aliphatic heterocycles. The number of hydrogen-bond donors (Lipinski definition) is 0. The van der Waals surface area contributed by atoms with Crippen LogP contribution in [0.4, 0.5) is 4.39 Å². The fourth-order valence-corrected chi connectivity index (χ4v) is 7.08. The number of ether oxygens (including phenoxy) is 1. The summed E-state index contributed by atoms with van der Waals surface area (Å²) in [7, 11) is 0. The Morgan fingerprint density at radius 3 is 2.06 bits per heavy atom. The molecule has 2 aromatic rings. The van der Waals surface area contributed by atoms with Gasteiger partial charge in [-0.15, -0.1) is 0 Å². The molecular weight excluding hydrogens is 431 g/mol. The minimum absolute atomic E-state index is 0.210. The van der Waals surface area contributed by atoms with Gasteiger partial charge in [-0.25, -0.2) is 4.39 Å². The third kappa shape index (κ3) is 5.84. The predicted octanol–water partition coefficient (Wildman–Crippen LogP) is 9.68. The molecule has 0 heterocycles. The van der Waals surface area contributed by atoms with Gasteiger partial charge in [0.25, 0.3) is 0 Å². The molecule has 1 atom stereocenters. The molecule has 2 saturated carbocycles. The molecule has 2 fully saturated rings. The number of hydrogen-bond acceptors (Lipinski definition) is 1. The molecule has 0 N–H and O–H groups in total. The van der Waals surface area contributed by atoms with Crippen LogP contribution in [0.5, 0.6) is 5.75 Å². The van der Waals surface area contributed by atoms with Crippen molar-refractivity contribution in [2.24, 2.45) is 17.8 Å². The SMILES string of the molecule is CCOc1ccc(C2CCC(C3CC=C(c4ccc(C5CCC(C)CC5)cc4)CC3)CC2)cc1F. The first-order chi connectivity index (χ1) is 17.1. The van der Waals surface area contributed by atoms with Crippen molar-refractivity contribution in [1.82, 2.24) is 0 Å².